The minimum absolute atomic E-state index is 0.307. The molecule has 1 aromatic carbocycles. The van der Waals surface area contributed by atoms with Crippen molar-refractivity contribution in [1.82, 2.24) is 5.32 Å². The van der Waals surface area contributed by atoms with Gasteiger partial charge in [0.25, 0.3) is 0 Å². The minimum atomic E-state index is 0.307. The summed E-state index contributed by atoms with van der Waals surface area (Å²) < 4.78 is 5.64. The quantitative estimate of drug-likeness (QED) is 0.800. The number of fused-ring (bicyclic) bond motifs is 1. The molecular weight excluding hydrogens is 269 g/mol. The zero-order chi connectivity index (χ0) is 13.0. The Morgan fingerprint density at radius 3 is 2.94 bits per heavy atom. The van der Waals surface area contributed by atoms with Crippen molar-refractivity contribution >= 4 is 23.2 Å². The van der Waals surface area contributed by atoms with E-state index < -0.39 is 0 Å². The summed E-state index contributed by atoms with van der Waals surface area (Å²) in [5.41, 5.74) is 1.09. The molecule has 0 amide bonds. The summed E-state index contributed by atoms with van der Waals surface area (Å²) >= 11 is 12.2. The Hall–Kier alpha value is -0.440. The molecule has 1 aliphatic rings. The normalized spacial score (nSPS) is 18.3. The van der Waals surface area contributed by atoms with E-state index in [1.807, 2.05) is 6.07 Å². The fraction of sp³-hybridized carbons (Fsp3) is 0.571. The van der Waals surface area contributed by atoms with Crippen molar-refractivity contribution in [2.45, 2.75) is 38.6 Å². The van der Waals surface area contributed by atoms with Crippen LogP contribution < -0.4 is 10.1 Å². The Balaban J connectivity index is 2.07. The number of benzene rings is 1. The average molecular weight is 288 g/mol. The van der Waals surface area contributed by atoms with Gasteiger partial charge in [0.05, 0.1) is 11.6 Å². The van der Waals surface area contributed by atoms with E-state index in [-0.39, 0.29) is 0 Å². The number of hydrogen-bond acceptors (Lipinski definition) is 2. The first-order valence-corrected chi connectivity index (χ1v) is 7.33. The van der Waals surface area contributed by atoms with Crippen LogP contribution in [0.2, 0.25) is 10.0 Å². The minimum Gasteiger partial charge on any atom is -0.492 e. The van der Waals surface area contributed by atoms with Gasteiger partial charge in [0.1, 0.15) is 5.75 Å². The molecule has 1 N–H and O–H groups in total. The molecule has 0 aromatic heterocycles. The number of nitrogens with one attached hydrogen (secondary N) is 1. The Labute approximate surface area is 119 Å². The highest BCUT2D eigenvalue weighted by atomic mass is 35.5. The van der Waals surface area contributed by atoms with E-state index >= 15 is 0 Å². The van der Waals surface area contributed by atoms with Gasteiger partial charge in [0.15, 0.2) is 0 Å². The Morgan fingerprint density at radius 1 is 1.33 bits per heavy atom. The fourth-order valence-corrected chi connectivity index (χ4v) is 2.85. The molecule has 0 fully saturated rings. The lowest BCUT2D eigenvalue weighted by Crippen LogP contribution is -2.28. The van der Waals surface area contributed by atoms with Crippen LogP contribution in [0.3, 0.4) is 0 Å². The third-order valence-electron chi connectivity index (χ3n) is 3.24. The second-order valence-corrected chi connectivity index (χ2v) is 5.50. The second-order valence-electron chi connectivity index (χ2n) is 4.66. The molecule has 1 aromatic rings. The first kappa shape index (κ1) is 14.0. The van der Waals surface area contributed by atoms with Crippen LogP contribution in [0.25, 0.3) is 0 Å². The number of hydrogen-bond donors (Lipinski definition) is 1. The van der Waals surface area contributed by atoms with Crippen molar-refractivity contribution < 1.29 is 4.74 Å². The molecule has 100 valence electrons. The number of unbranched alkanes of at least 4 members (excludes halogenated alkanes) is 2. The largest absolute Gasteiger partial charge is 0.492 e. The van der Waals surface area contributed by atoms with Gasteiger partial charge < -0.3 is 10.1 Å². The standard InChI is InChI=1S/C14H19Cl2NO/c1-2-3-4-6-17-13-5-7-18-14-11(13)8-10(15)9-12(14)16/h8-9,13,17H,2-7H2,1H3. The van der Waals surface area contributed by atoms with Crippen molar-refractivity contribution in [2.24, 2.45) is 0 Å². The molecule has 4 heteroatoms. The van der Waals surface area contributed by atoms with Crippen molar-refractivity contribution in [1.29, 1.82) is 0 Å². The fourth-order valence-electron chi connectivity index (χ4n) is 2.29. The molecule has 0 saturated heterocycles. The van der Waals surface area contributed by atoms with Crippen molar-refractivity contribution in [3.8, 4) is 5.75 Å². The van der Waals surface area contributed by atoms with Crippen LogP contribution in [0.1, 0.15) is 44.2 Å². The van der Waals surface area contributed by atoms with E-state index in [0.717, 1.165) is 24.3 Å². The summed E-state index contributed by atoms with van der Waals surface area (Å²) in [4.78, 5) is 0. The van der Waals surface area contributed by atoms with Gasteiger partial charge in [-0.25, -0.2) is 0 Å². The van der Waals surface area contributed by atoms with E-state index in [9.17, 15) is 0 Å². The second kappa shape index (κ2) is 6.65. The predicted octanol–water partition coefficient (Wildman–Crippen LogP) is 4.60. The highest BCUT2D eigenvalue weighted by Gasteiger charge is 2.23. The van der Waals surface area contributed by atoms with Crippen LogP contribution >= 0.6 is 23.2 Å². The van der Waals surface area contributed by atoms with Gasteiger partial charge in [-0.1, -0.05) is 43.0 Å². The third-order valence-corrected chi connectivity index (χ3v) is 3.74. The molecule has 0 aliphatic carbocycles. The van der Waals surface area contributed by atoms with Gasteiger partial charge in [0, 0.05) is 23.0 Å². The summed E-state index contributed by atoms with van der Waals surface area (Å²) in [5.74, 6) is 0.792. The van der Waals surface area contributed by atoms with Crippen LogP contribution in [-0.4, -0.2) is 13.2 Å². The smallest absolute Gasteiger partial charge is 0.142 e. The molecule has 0 spiro atoms. The number of halogens is 2. The zero-order valence-electron chi connectivity index (χ0n) is 10.6. The van der Waals surface area contributed by atoms with E-state index in [1.165, 1.54) is 19.3 Å². The lowest BCUT2D eigenvalue weighted by Gasteiger charge is -2.27. The zero-order valence-corrected chi connectivity index (χ0v) is 12.2. The highest BCUT2D eigenvalue weighted by molar-refractivity contribution is 6.35. The molecule has 0 bridgehead atoms. The first-order valence-electron chi connectivity index (χ1n) is 6.57. The molecule has 1 unspecified atom stereocenters. The Morgan fingerprint density at radius 2 is 2.17 bits per heavy atom. The van der Waals surface area contributed by atoms with E-state index in [0.29, 0.717) is 22.7 Å². The number of rotatable bonds is 5. The van der Waals surface area contributed by atoms with Crippen LogP contribution in [0.4, 0.5) is 0 Å². The molecule has 1 atom stereocenters. The van der Waals surface area contributed by atoms with Gasteiger partial charge in [-0.15, -0.1) is 0 Å². The molecular formula is C14H19Cl2NO. The average Bonchev–Trinajstić information content (AvgIpc) is 2.35. The summed E-state index contributed by atoms with van der Waals surface area (Å²) in [5, 5.41) is 4.85. The molecule has 18 heavy (non-hydrogen) atoms. The molecule has 1 heterocycles. The third kappa shape index (κ3) is 3.31. The summed E-state index contributed by atoms with van der Waals surface area (Å²) in [7, 11) is 0. The summed E-state index contributed by atoms with van der Waals surface area (Å²) in [6.07, 6.45) is 4.68. The SMILES string of the molecule is CCCCCNC1CCOc2c(Cl)cc(Cl)cc21. The van der Waals surface area contributed by atoms with Gasteiger partial charge >= 0.3 is 0 Å². The van der Waals surface area contributed by atoms with Crippen LogP contribution in [0, 0.1) is 0 Å². The maximum Gasteiger partial charge on any atom is 0.142 e. The van der Waals surface area contributed by atoms with Crippen LogP contribution in [0.5, 0.6) is 5.75 Å². The van der Waals surface area contributed by atoms with Crippen LogP contribution in [-0.2, 0) is 0 Å². The summed E-state index contributed by atoms with van der Waals surface area (Å²) in [6, 6.07) is 4.00. The van der Waals surface area contributed by atoms with E-state index in [4.69, 9.17) is 27.9 Å². The Bertz CT molecular complexity index is 409. The lowest BCUT2D eigenvalue weighted by atomic mass is 10.0. The van der Waals surface area contributed by atoms with Crippen LogP contribution in [0.15, 0.2) is 12.1 Å². The van der Waals surface area contributed by atoms with E-state index in [1.54, 1.807) is 6.07 Å². The van der Waals surface area contributed by atoms with Gasteiger partial charge in [-0.2, -0.15) is 0 Å². The molecule has 1 aliphatic heterocycles. The maximum absolute atomic E-state index is 6.16. The topological polar surface area (TPSA) is 21.3 Å². The Kier molecular flexibility index (Phi) is 5.16. The maximum atomic E-state index is 6.16. The van der Waals surface area contributed by atoms with Crippen molar-refractivity contribution in [2.75, 3.05) is 13.2 Å². The first-order chi connectivity index (χ1) is 8.72. The lowest BCUT2D eigenvalue weighted by molar-refractivity contribution is 0.252. The monoisotopic (exact) mass is 287 g/mol. The number of ether oxygens (including phenoxy) is 1. The van der Waals surface area contributed by atoms with Gasteiger partial charge in [-0.3, -0.25) is 0 Å². The van der Waals surface area contributed by atoms with Crippen molar-refractivity contribution in [3.05, 3.63) is 27.7 Å². The molecule has 0 radical (unpaired) electrons. The molecule has 2 rings (SSSR count). The highest BCUT2D eigenvalue weighted by Crippen LogP contribution is 2.39. The van der Waals surface area contributed by atoms with E-state index in [2.05, 4.69) is 12.2 Å². The van der Waals surface area contributed by atoms with Gasteiger partial charge in [-0.05, 0) is 25.1 Å². The van der Waals surface area contributed by atoms with Gasteiger partial charge in [0.2, 0.25) is 0 Å². The predicted molar refractivity (Wildman–Crippen MR) is 76.8 cm³/mol. The molecule has 0 saturated carbocycles. The molecule has 2 nitrogen and oxygen atoms in total. The summed E-state index contributed by atoms with van der Waals surface area (Å²) in [6.45, 7) is 3.95. The van der Waals surface area contributed by atoms with Crippen molar-refractivity contribution in [3.63, 3.8) is 0 Å².